The van der Waals surface area contributed by atoms with Gasteiger partial charge in [0.05, 0.1) is 33.5 Å². The van der Waals surface area contributed by atoms with E-state index in [1.807, 2.05) is 13.8 Å². The Hall–Kier alpha value is -2.26. The first-order chi connectivity index (χ1) is 14.2. The predicted octanol–water partition coefficient (Wildman–Crippen LogP) is 3.32. The van der Waals surface area contributed by atoms with E-state index in [-0.39, 0.29) is 23.8 Å². The highest BCUT2D eigenvalue weighted by Crippen LogP contribution is 2.44. The number of rotatable bonds is 4. The molecule has 1 atom stereocenters. The summed E-state index contributed by atoms with van der Waals surface area (Å²) in [6.07, 6.45) is 6.26. The van der Waals surface area contributed by atoms with Crippen LogP contribution in [0.5, 0.6) is 0 Å². The first-order valence-corrected chi connectivity index (χ1v) is 11.7. The number of carbonyl (C=O) groups is 1. The van der Waals surface area contributed by atoms with Crippen molar-refractivity contribution in [2.45, 2.75) is 82.8 Å². The number of pyridine rings is 1. The van der Waals surface area contributed by atoms with E-state index in [1.165, 1.54) is 0 Å². The quantitative estimate of drug-likeness (QED) is 0.644. The third-order valence-electron chi connectivity index (χ3n) is 6.05. The average Bonchev–Trinajstić information content (AvgIpc) is 3.39. The molecule has 4 rings (SSSR count). The lowest BCUT2D eigenvalue weighted by Gasteiger charge is -2.20. The molecule has 0 saturated carbocycles. The van der Waals surface area contributed by atoms with Crippen LogP contribution >= 0.6 is 0 Å². The third kappa shape index (κ3) is 3.65. The summed E-state index contributed by atoms with van der Waals surface area (Å²) in [6, 6.07) is -0.587. The van der Waals surface area contributed by atoms with Crippen LogP contribution in [0.3, 0.4) is 0 Å². The highest BCUT2D eigenvalue weighted by Gasteiger charge is 2.36. The van der Waals surface area contributed by atoms with E-state index >= 15 is 0 Å². The molecule has 8 nitrogen and oxygen atoms in total. The van der Waals surface area contributed by atoms with Crippen LogP contribution in [0.4, 0.5) is 10.5 Å². The number of urea groups is 1. The van der Waals surface area contributed by atoms with Crippen molar-refractivity contribution in [1.82, 2.24) is 14.8 Å². The number of aliphatic hydroxyl groups excluding tert-OH is 1. The van der Waals surface area contributed by atoms with Crippen molar-refractivity contribution in [3.8, 4) is 0 Å². The number of aliphatic hydroxyl groups is 1. The van der Waals surface area contributed by atoms with E-state index in [2.05, 4.69) is 28.6 Å². The highest BCUT2D eigenvalue weighted by atomic mass is 32.2. The van der Waals surface area contributed by atoms with Gasteiger partial charge in [-0.25, -0.2) is 9.00 Å². The zero-order chi connectivity index (χ0) is 21.6. The molecule has 30 heavy (non-hydrogen) atoms. The second-order valence-electron chi connectivity index (χ2n) is 8.97. The Morgan fingerprint density at radius 2 is 2.10 bits per heavy atom. The van der Waals surface area contributed by atoms with Crippen molar-refractivity contribution in [2.24, 2.45) is 4.36 Å². The van der Waals surface area contributed by atoms with Crippen molar-refractivity contribution in [3.05, 3.63) is 34.4 Å². The molecule has 0 aliphatic heterocycles. The minimum atomic E-state index is -2.37. The van der Waals surface area contributed by atoms with Crippen LogP contribution in [0.2, 0.25) is 0 Å². The summed E-state index contributed by atoms with van der Waals surface area (Å²) in [5.41, 5.74) is 5.38. The Balaban J connectivity index is 1.67. The van der Waals surface area contributed by atoms with Crippen molar-refractivity contribution in [2.75, 3.05) is 5.32 Å². The normalized spacial score (nSPS) is 17.9. The van der Waals surface area contributed by atoms with Gasteiger partial charge in [0, 0.05) is 23.3 Å². The maximum absolute atomic E-state index is 12.8. The number of hydrogen-bond donors (Lipinski definition) is 3. The number of nitrogens with zero attached hydrogens (tertiary/aromatic N) is 4. The minimum Gasteiger partial charge on any atom is -0.390 e. The molecule has 0 bridgehead atoms. The summed E-state index contributed by atoms with van der Waals surface area (Å²) in [7, 11) is -2.37. The smallest absolute Gasteiger partial charge is 0.353 e. The molecule has 9 heteroatoms. The Morgan fingerprint density at radius 3 is 2.80 bits per heavy atom. The maximum atomic E-state index is 12.8. The van der Waals surface area contributed by atoms with Crippen LogP contribution < -0.4 is 5.32 Å². The summed E-state index contributed by atoms with van der Waals surface area (Å²) in [6.45, 7) is 7.88. The Morgan fingerprint density at radius 1 is 1.33 bits per heavy atom. The van der Waals surface area contributed by atoms with Gasteiger partial charge in [0.15, 0.2) is 0 Å². The fourth-order valence-electron chi connectivity index (χ4n) is 4.36. The molecule has 2 N–H and O–H groups in total. The van der Waals surface area contributed by atoms with Crippen LogP contribution in [0.1, 0.15) is 74.8 Å². The lowest BCUT2D eigenvalue weighted by Crippen LogP contribution is -2.17. The fourth-order valence-corrected chi connectivity index (χ4v) is 5.23. The van der Waals surface area contributed by atoms with Gasteiger partial charge >= 0.3 is 6.03 Å². The van der Waals surface area contributed by atoms with Crippen LogP contribution in [0.15, 0.2) is 15.5 Å². The molecule has 0 aromatic carbocycles. The lowest BCUT2D eigenvalue weighted by molar-refractivity contribution is 0.260. The Labute approximate surface area is 178 Å². The van der Waals surface area contributed by atoms with Gasteiger partial charge in [0.1, 0.15) is 5.69 Å². The zero-order valence-corrected chi connectivity index (χ0v) is 18.8. The summed E-state index contributed by atoms with van der Waals surface area (Å²) in [4.78, 5) is 17.9. The first-order valence-electron chi connectivity index (χ1n) is 10.4. The SMILES string of the molecule is CC(C)n1cc(/[SH](=O)=N/C(=O)Nc2c3c(nc4c2CCC4(C)C)CCC3)c(CO)n1. The number of anilines is 1. The number of carbonyl (C=O) groups excluding carboxylic acids is 1. The summed E-state index contributed by atoms with van der Waals surface area (Å²) in [5, 5.41) is 16.7. The van der Waals surface area contributed by atoms with E-state index in [0.717, 1.165) is 60.3 Å². The molecule has 2 aromatic heterocycles. The number of nitrogens with one attached hydrogen (secondary N) is 1. The molecule has 2 heterocycles. The van der Waals surface area contributed by atoms with Gasteiger partial charge in [0.25, 0.3) is 0 Å². The van der Waals surface area contributed by atoms with Crippen LogP contribution in [-0.4, -0.2) is 30.1 Å². The number of hydrogen-bond acceptors (Lipinski definition) is 5. The molecule has 0 fully saturated rings. The molecule has 0 radical (unpaired) electrons. The Bertz CT molecular complexity index is 1100. The van der Waals surface area contributed by atoms with E-state index in [0.29, 0.717) is 4.90 Å². The third-order valence-corrected chi connectivity index (χ3v) is 7.20. The molecule has 2 aliphatic carbocycles. The summed E-state index contributed by atoms with van der Waals surface area (Å²) in [5.74, 6) is 0. The Kier molecular flexibility index (Phi) is 5.44. The maximum Gasteiger partial charge on any atom is 0.353 e. The van der Waals surface area contributed by atoms with E-state index in [9.17, 15) is 14.1 Å². The van der Waals surface area contributed by atoms with Gasteiger partial charge in [-0.15, -0.1) is 4.36 Å². The van der Waals surface area contributed by atoms with E-state index in [4.69, 9.17) is 4.98 Å². The lowest BCUT2D eigenvalue weighted by atomic mass is 9.90. The molecule has 2 amide bonds. The monoisotopic (exact) mass is 431 g/mol. The number of thiol groups is 1. The average molecular weight is 432 g/mol. The second-order valence-corrected chi connectivity index (χ2v) is 10.2. The van der Waals surface area contributed by atoms with Crippen LogP contribution in [-0.2, 0) is 41.9 Å². The highest BCUT2D eigenvalue weighted by molar-refractivity contribution is 7.75. The number of amides is 2. The number of fused-ring (bicyclic) bond motifs is 2. The fraction of sp³-hybridized carbons (Fsp3) is 0.571. The summed E-state index contributed by atoms with van der Waals surface area (Å²) >= 11 is 0. The van der Waals surface area contributed by atoms with E-state index in [1.54, 1.807) is 10.9 Å². The minimum absolute atomic E-state index is 0.0177. The van der Waals surface area contributed by atoms with Gasteiger partial charge in [-0.3, -0.25) is 9.67 Å². The molecule has 2 aliphatic rings. The molecule has 0 spiro atoms. The zero-order valence-electron chi connectivity index (χ0n) is 17.9. The predicted molar refractivity (Wildman–Crippen MR) is 115 cm³/mol. The standard InChI is InChI=1S/C21H29N5O3S/c1-12(2)26-10-17(16(11-27)24-26)30(29)25-20(28)23-18-13-6-5-7-15(13)22-19-14(18)8-9-21(19,3)4/h10,12,27,30H,5-9,11H2,1-4H3,(H,22,23,28). The van der Waals surface area contributed by atoms with Crippen LogP contribution in [0, 0.1) is 0 Å². The topological polar surface area (TPSA) is 109 Å². The van der Waals surface area contributed by atoms with Gasteiger partial charge in [-0.2, -0.15) is 5.10 Å². The van der Waals surface area contributed by atoms with Crippen LogP contribution in [0.25, 0.3) is 0 Å². The second kappa shape index (κ2) is 7.77. The molecule has 0 saturated heterocycles. The molecular weight excluding hydrogens is 402 g/mol. The molecular formula is C21H29N5O3S. The van der Waals surface area contributed by atoms with Crippen molar-refractivity contribution in [3.63, 3.8) is 0 Å². The van der Waals surface area contributed by atoms with Gasteiger partial charge in [0.2, 0.25) is 0 Å². The number of aryl methyl sites for hydroxylation is 1. The van der Waals surface area contributed by atoms with Crippen molar-refractivity contribution >= 4 is 22.3 Å². The molecule has 2 aromatic rings. The van der Waals surface area contributed by atoms with Gasteiger partial charge < -0.3 is 10.4 Å². The number of aromatic nitrogens is 3. The molecule has 1 unspecified atom stereocenters. The van der Waals surface area contributed by atoms with Gasteiger partial charge in [-0.05, 0) is 57.1 Å². The van der Waals surface area contributed by atoms with E-state index < -0.39 is 16.6 Å². The van der Waals surface area contributed by atoms with Crippen molar-refractivity contribution in [1.29, 1.82) is 0 Å². The van der Waals surface area contributed by atoms with Crippen molar-refractivity contribution < 1.29 is 14.1 Å². The molecule has 162 valence electrons. The first kappa shape index (κ1) is 21.0. The largest absolute Gasteiger partial charge is 0.390 e. The van der Waals surface area contributed by atoms with Gasteiger partial charge in [-0.1, -0.05) is 13.8 Å². The summed E-state index contributed by atoms with van der Waals surface area (Å²) < 4.78 is 18.3.